The van der Waals surface area contributed by atoms with Gasteiger partial charge < -0.3 is 14.4 Å². The van der Waals surface area contributed by atoms with Crippen molar-refractivity contribution in [3.8, 4) is 11.5 Å². The Morgan fingerprint density at radius 3 is 2.52 bits per heavy atom. The van der Waals surface area contributed by atoms with E-state index in [4.69, 9.17) is 9.47 Å². The number of carbonyl (C=O) groups is 1. The molecule has 7 heteroatoms. The number of hydrogen-bond donors (Lipinski definition) is 0. The summed E-state index contributed by atoms with van der Waals surface area (Å²) in [4.78, 5) is 14.5. The van der Waals surface area contributed by atoms with Crippen LogP contribution in [-0.4, -0.2) is 49.6 Å². The molecule has 2 unspecified atom stereocenters. The van der Waals surface area contributed by atoms with Crippen molar-refractivity contribution in [3.05, 3.63) is 29.8 Å². The summed E-state index contributed by atoms with van der Waals surface area (Å²) in [6.45, 7) is 0.222. The lowest BCUT2D eigenvalue weighted by molar-refractivity contribution is -0.130. The van der Waals surface area contributed by atoms with Crippen LogP contribution in [0.2, 0.25) is 0 Å². The minimum atomic E-state index is -3.04. The first-order valence-corrected chi connectivity index (χ1v) is 10.5. The highest BCUT2D eigenvalue weighted by molar-refractivity contribution is 7.91. The molecule has 0 aliphatic carbocycles. The maximum Gasteiger partial charge on any atom is 0.247 e. The van der Waals surface area contributed by atoms with Gasteiger partial charge in [-0.25, -0.2) is 8.42 Å². The highest BCUT2D eigenvalue weighted by Gasteiger charge is 2.45. The first-order valence-electron chi connectivity index (χ1n) is 8.51. The van der Waals surface area contributed by atoms with Crippen LogP contribution in [0.15, 0.2) is 24.3 Å². The topological polar surface area (TPSA) is 72.9 Å². The second-order valence-corrected chi connectivity index (χ2v) is 9.33. The van der Waals surface area contributed by atoms with Crippen LogP contribution in [0, 0.1) is 0 Å². The Hall–Kier alpha value is -2.02. The van der Waals surface area contributed by atoms with Gasteiger partial charge in [-0.1, -0.05) is 6.07 Å². The maximum absolute atomic E-state index is 12.7. The van der Waals surface area contributed by atoms with Gasteiger partial charge in [0.05, 0.1) is 5.25 Å². The predicted molar refractivity (Wildman–Crippen MR) is 93.1 cm³/mol. The Labute approximate surface area is 147 Å². The third-order valence-electron chi connectivity index (χ3n) is 5.36. The number of ether oxygens (including phenoxy) is 2. The smallest absolute Gasteiger partial charge is 0.247 e. The molecule has 3 aliphatic rings. The second kappa shape index (κ2) is 6.05. The van der Waals surface area contributed by atoms with E-state index in [-0.39, 0.29) is 30.0 Å². The third kappa shape index (κ3) is 3.13. The van der Waals surface area contributed by atoms with Crippen molar-refractivity contribution in [2.75, 3.05) is 13.0 Å². The number of fused-ring (bicyclic) bond motifs is 3. The minimum Gasteiger partial charge on any atom is -0.454 e. The summed E-state index contributed by atoms with van der Waals surface area (Å²) in [6.07, 6.45) is 7.53. The summed E-state index contributed by atoms with van der Waals surface area (Å²) in [5, 5.41) is -0.313. The van der Waals surface area contributed by atoms with Gasteiger partial charge in [0.1, 0.15) is 9.84 Å². The van der Waals surface area contributed by atoms with Gasteiger partial charge in [-0.15, -0.1) is 0 Å². The van der Waals surface area contributed by atoms with Crippen molar-refractivity contribution in [2.45, 2.75) is 43.0 Å². The molecule has 0 N–H and O–H groups in total. The number of piperidine rings is 1. The van der Waals surface area contributed by atoms with Crippen molar-refractivity contribution in [2.24, 2.45) is 0 Å². The molecule has 4 rings (SSSR count). The van der Waals surface area contributed by atoms with Gasteiger partial charge in [-0.2, -0.15) is 0 Å². The summed E-state index contributed by atoms with van der Waals surface area (Å²) in [5.41, 5.74) is 0.871. The lowest BCUT2D eigenvalue weighted by Gasteiger charge is -2.37. The Balaban J connectivity index is 1.47. The normalized spacial score (nSPS) is 27.9. The van der Waals surface area contributed by atoms with Crippen molar-refractivity contribution in [1.29, 1.82) is 0 Å². The highest BCUT2D eigenvalue weighted by Crippen LogP contribution is 2.38. The summed E-state index contributed by atoms with van der Waals surface area (Å²) in [7, 11) is -3.04. The number of amides is 1. The van der Waals surface area contributed by atoms with Gasteiger partial charge in [0.15, 0.2) is 11.5 Å². The van der Waals surface area contributed by atoms with E-state index in [1.807, 2.05) is 23.1 Å². The van der Waals surface area contributed by atoms with Crippen molar-refractivity contribution in [1.82, 2.24) is 4.90 Å². The van der Waals surface area contributed by atoms with Crippen LogP contribution in [0.3, 0.4) is 0 Å². The molecule has 3 aliphatic heterocycles. The minimum absolute atomic E-state index is 0.0346. The summed E-state index contributed by atoms with van der Waals surface area (Å²) in [5.74, 6) is 1.35. The number of nitrogens with zero attached hydrogens (tertiary/aromatic N) is 1. The van der Waals surface area contributed by atoms with E-state index in [0.717, 1.165) is 18.4 Å². The van der Waals surface area contributed by atoms with Crippen LogP contribution in [0.1, 0.15) is 31.2 Å². The Kier molecular flexibility index (Phi) is 3.98. The molecule has 2 fully saturated rings. The van der Waals surface area contributed by atoms with E-state index in [1.165, 1.54) is 6.26 Å². The van der Waals surface area contributed by atoms with Crippen LogP contribution >= 0.6 is 0 Å². The second-order valence-electron chi connectivity index (χ2n) is 7.00. The van der Waals surface area contributed by atoms with Gasteiger partial charge in [-0.05, 0) is 49.5 Å². The first-order chi connectivity index (χ1) is 11.9. The van der Waals surface area contributed by atoms with Gasteiger partial charge in [0, 0.05) is 24.4 Å². The SMILES string of the molecule is CS(=O)(=O)C1CC2CCC(C1)N2C(=O)/C=C/c1ccc2c(c1)OCO2. The van der Waals surface area contributed by atoms with Crippen molar-refractivity contribution < 1.29 is 22.7 Å². The van der Waals surface area contributed by atoms with Gasteiger partial charge in [-0.3, -0.25) is 4.79 Å². The molecule has 1 aromatic rings. The molecule has 2 atom stereocenters. The van der Waals surface area contributed by atoms with Crippen LogP contribution < -0.4 is 9.47 Å². The van der Waals surface area contributed by atoms with Gasteiger partial charge in [0.25, 0.3) is 0 Å². The quantitative estimate of drug-likeness (QED) is 0.768. The molecule has 6 nitrogen and oxygen atoms in total. The Morgan fingerprint density at radius 1 is 1.16 bits per heavy atom. The van der Waals surface area contributed by atoms with Gasteiger partial charge >= 0.3 is 0 Å². The average molecular weight is 363 g/mol. The largest absolute Gasteiger partial charge is 0.454 e. The fourth-order valence-electron chi connectivity index (χ4n) is 4.11. The molecule has 1 amide bonds. The Bertz CT molecular complexity index is 818. The molecule has 134 valence electrons. The van der Waals surface area contributed by atoms with Crippen molar-refractivity contribution in [3.63, 3.8) is 0 Å². The summed E-state index contributed by atoms with van der Waals surface area (Å²) in [6, 6.07) is 5.62. The number of sulfone groups is 1. The molecule has 3 heterocycles. The number of benzene rings is 1. The molecule has 25 heavy (non-hydrogen) atoms. The van der Waals surface area contributed by atoms with Crippen LogP contribution in [0.4, 0.5) is 0 Å². The summed E-state index contributed by atoms with van der Waals surface area (Å²) >= 11 is 0. The van der Waals surface area contributed by atoms with E-state index in [9.17, 15) is 13.2 Å². The zero-order valence-electron chi connectivity index (χ0n) is 14.1. The van der Waals surface area contributed by atoms with E-state index in [0.29, 0.717) is 24.3 Å². The number of hydrogen-bond acceptors (Lipinski definition) is 5. The predicted octanol–water partition coefficient (Wildman–Crippen LogP) is 2.00. The number of rotatable bonds is 3. The van der Waals surface area contributed by atoms with Gasteiger partial charge in [0.2, 0.25) is 12.7 Å². The Morgan fingerprint density at radius 2 is 1.84 bits per heavy atom. The third-order valence-corrected chi connectivity index (χ3v) is 6.96. The van der Waals surface area contributed by atoms with Crippen LogP contribution in [-0.2, 0) is 14.6 Å². The molecule has 1 aromatic carbocycles. The van der Waals surface area contributed by atoms with E-state index in [1.54, 1.807) is 12.2 Å². The molecule has 0 spiro atoms. The van der Waals surface area contributed by atoms with Crippen LogP contribution in [0.25, 0.3) is 6.08 Å². The van der Waals surface area contributed by atoms with Crippen LogP contribution in [0.5, 0.6) is 11.5 Å². The molecule has 2 saturated heterocycles. The molecule has 0 radical (unpaired) electrons. The zero-order chi connectivity index (χ0) is 17.6. The lowest BCUT2D eigenvalue weighted by Crippen LogP contribution is -2.49. The van der Waals surface area contributed by atoms with E-state index < -0.39 is 9.84 Å². The first kappa shape index (κ1) is 16.4. The standard InChI is InChI=1S/C18H21NO5S/c1-25(21,22)15-9-13-4-5-14(10-15)19(13)18(20)7-3-12-2-6-16-17(8-12)24-11-23-16/h2-3,6-8,13-15H,4-5,9-11H2,1H3/b7-3+. The molecule has 0 saturated carbocycles. The molecule has 2 bridgehead atoms. The average Bonchev–Trinajstić information content (AvgIpc) is 3.13. The number of carbonyl (C=O) groups excluding carboxylic acids is 1. The fraction of sp³-hybridized carbons (Fsp3) is 0.500. The van der Waals surface area contributed by atoms with Crippen molar-refractivity contribution >= 4 is 21.8 Å². The summed E-state index contributed by atoms with van der Waals surface area (Å²) < 4.78 is 34.3. The molecular formula is C18H21NO5S. The maximum atomic E-state index is 12.7. The fourth-order valence-corrected chi connectivity index (χ4v) is 5.25. The molecule has 0 aromatic heterocycles. The van der Waals surface area contributed by atoms with E-state index in [2.05, 4.69) is 0 Å². The lowest BCUT2D eigenvalue weighted by atomic mass is 10.0. The monoisotopic (exact) mass is 363 g/mol. The van der Waals surface area contributed by atoms with E-state index >= 15 is 0 Å². The zero-order valence-corrected chi connectivity index (χ0v) is 14.9. The molecular weight excluding hydrogens is 342 g/mol. The highest BCUT2D eigenvalue weighted by atomic mass is 32.2.